The minimum Gasteiger partial charge on any atom is -0.496 e. The van der Waals surface area contributed by atoms with Crippen molar-refractivity contribution in [2.45, 2.75) is 32.1 Å². The molecule has 1 fully saturated rings. The second-order valence-corrected chi connectivity index (χ2v) is 5.51. The zero-order valence-corrected chi connectivity index (χ0v) is 12.8. The summed E-state index contributed by atoms with van der Waals surface area (Å²) in [5, 5.41) is 5.56. The third-order valence-electron chi connectivity index (χ3n) is 3.93. The SMILES string of the molecule is COc1cc(C2(C(=O)NCCNC(C)=O)CC2)ccc1C. The van der Waals surface area contributed by atoms with Crippen LogP contribution in [-0.2, 0) is 15.0 Å². The third kappa shape index (κ3) is 3.35. The Balaban J connectivity index is 2.01. The van der Waals surface area contributed by atoms with Gasteiger partial charge in [-0.2, -0.15) is 0 Å². The second-order valence-electron chi connectivity index (χ2n) is 5.51. The molecule has 1 aliphatic rings. The van der Waals surface area contributed by atoms with Crippen molar-refractivity contribution in [1.29, 1.82) is 0 Å². The average molecular weight is 290 g/mol. The van der Waals surface area contributed by atoms with Gasteiger partial charge in [0.2, 0.25) is 11.8 Å². The van der Waals surface area contributed by atoms with Crippen LogP contribution < -0.4 is 15.4 Å². The molecule has 1 aliphatic carbocycles. The van der Waals surface area contributed by atoms with Crippen molar-refractivity contribution in [2.75, 3.05) is 20.2 Å². The van der Waals surface area contributed by atoms with Crippen LogP contribution in [0, 0.1) is 6.92 Å². The minimum absolute atomic E-state index is 0.0266. The molecule has 0 aromatic heterocycles. The van der Waals surface area contributed by atoms with E-state index in [4.69, 9.17) is 4.74 Å². The van der Waals surface area contributed by atoms with E-state index < -0.39 is 5.41 Å². The predicted octanol–water partition coefficient (Wildman–Crippen LogP) is 1.29. The molecule has 0 saturated heterocycles. The highest BCUT2D eigenvalue weighted by Gasteiger charge is 2.51. The number of hydrogen-bond acceptors (Lipinski definition) is 3. The Labute approximate surface area is 125 Å². The maximum atomic E-state index is 12.4. The highest BCUT2D eigenvalue weighted by molar-refractivity contribution is 5.91. The first-order valence-electron chi connectivity index (χ1n) is 7.17. The average Bonchev–Trinajstić information content (AvgIpc) is 3.25. The van der Waals surface area contributed by atoms with Crippen LogP contribution in [0.25, 0.3) is 0 Å². The van der Waals surface area contributed by atoms with Gasteiger partial charge in [0.25, 0.3) is 0 Å². The Hall–Kier alpha value is -2.04. The van der Waals surface area contributed by atoms with Crippen molar-refractivity contribution in [3.05, 3.63) is 29.3 Å². The molecule has 2 N–H and O–H groups in total. The van der Waals surface area contributed by atoms with Gasteiger partial charge < -0.3 is 15.4 Å². The van der Waals surface area contributed by atoms with Crippen LogP contribution in [0.5, 0.6) is 5.75 Å². The van der Waals surface area contributed by atoms with Crippen LogP contribution in [0.15, 0.2) is 18.2 Å². The van der Waals surface area contributed by atoms with Gasteiger partial charge in [0.1, 0.15) is 5.75 Å². The van der Waals surface area contributed by atoms with Gasteiger partial charge in [-0.05, 0) is 37.0 Å². The highest BCUT2D eigenvalue weighted by Crippen LogP contribution is 2.49. The van der Waals surface area contributed by atoms with Crippen LogP contribution in [0.3, 0.4) is 0 Å². The minimum atomic E-state index is -0.419. The molecule has 2 amide bonds. The van der Waals surface area contributed by atoms with Crippen LogP contribution in [0.4, 0.5) is 0 Å². The van der Waals surface area contributed by atoms with Crippen molar-refractivity contribution in [3.63, 3.8) is 0 Å². The summed E-state index contributed by atoms with van der Waals surface area (Å²) >= 11 is 0. The van der Waals surface area contributed by atoms with Crippen molar-refractivity contribution in [3.8, 4) is 5.75 Å². The molecule has 0 radical (unpaired) electrons. The first-order chi connectivity index (χ1) is 9.99. The molecule has 21 heavy (non-hydrogen) atoms. The molecule has 1 aromatic rings. The molecule has 2 rings (SSSR count). The molecule has 0 atom stereocenters. The molecule has 1 aromatic carbocycles. The number of methoxy groups -OCH3 is 1. The van der Waals surface area contributed by atoms with Gasteiger partial charge in [-0.25, -0.2) is 0 Å². The zero-order chi connectivity index (χ0) is 15.5. The fourth-order valence-electron chi connectivity index (χ4n) is 2.47. The molecule has 0 bridgehead atoms. The molecule has 0 unspecified atom stereocenters. The smallest absolute Gasteiger partial charge is 0.230 e. The number of benzene rings is 1. The van der Waals surface area contributed by atoms with Crippen molar-refractivity contribution >= 4 is 11.8 Å². The summed E-state index contributed by atoms with van der Waals surface area (Å²) in [6.45, 7) is 4.34. The Morgan fingerprint density at radius 2 is 1.90 bits per heavy atom. The lowest BCUT2D eigenvalue weighted by molar-refractivity contribution is -0.124. The van der Waals surface area contributed by atoms with E-state index in [2.05, 4.69) is 10.6 Å². The van der Waals surface area contributed by atoms with Crippen molar-refractivity contribution in [1.82, 2.24) is 10.6 Å². The number of amides is 2. The second kappa shape index (κ2) is 6.16. The number of carbonyl (C=O) groups is 2. The van der Waals surface area contributed by atoms with Gasteiger partial charge in [-0.3, -0.25) is 9.59 Å². The maximum absolute atomic E-state index is 12.4. The Morgan fingerprint density at radius 1 is 1.24 bits per heavy atom. The van der Waals surface area contributed by atoms with Gasteiger partial charge >= 0.3 is 0 Å². The van der Waals surface area contributed by atoms with E-state index in [1.807, 2.05) is 25.1 Å². The summed E-state index contributed by atoms with van der Waals surface area (Å²) in [7, 11) is 1.64. The monoisotopic (exact) mass is 290 g/mol. The largest absolute Gasteiger partial charge is 0.496 e. The lowest BCUT2D eigenvalue weighted by atomic mass is 9.93. The van der Waals surface area contributed by atoms with E-state index in [0.717, 1.165) is 29.7 Å². The highest BCUT2D eigenvalue weighted by atomic mass is 16.5. The summed E-state index contributed by atoms with van der Waals surface area (Å²) in [6, 6.07) is 5.94. The van der Waals surface area contributed by atoms with E-state index >= 15 is 0 Å². The summed E-state index contributed by atoms with van der Waals surface area (Å²) in [4.78, 5) is 23.2. The van der Waals surface area contributed by atoms with Gasteiger partial charge in [0.15, 0.2) is 0 Å². The van der Waals surface area contributed by atoms with Gasteiger partial charge in [-0.15, -0.1) is 0 Å². The molecular weight excluding hydrogens is 268 g/mol. The lowest BCUT2D eigenvalue weighted by Gasteiger charge is -2.17. The first-order valence-corrected chi connectivity index (χ1v) is 7.17. The van der Waals surface area contributed by atoms with E-state index in [-0.39, 0.29) is 11.8 Å². The summed E-state index contributed by atoms with van der Waals surface area (Å²) in [5.74, 6) is 0.747. The number of carbonyl (C=O) groups excluding carboxylic acids is 2. The lowest BCUT2D eigenvalue weighted by Crippen LogP contribution is -2.39. The Morgan fingerprint density at radius 3 is 2.48 bits per heavy atom. The standard InChI is InChI=1S/C16H22N2O3/c1-11-4-5-13(10-14(11)21-3)16(6-7-16)15(20)18-9-8-17-12(2)19/h4-5,10H,6-9H2,1-3H3,(H,17,19)(H,18,20). The van der Waals surface area contributed by atoms with E-state index in [1.165, 1.54) is 6.92 Å². The van der Waals surface area contributed by atoms with Crippen LogP contribution >= 0.6 is 0 Å². The van der Waals surface area contributed by atoms with Gasteiger partial charge in [0.05, 0.1) is 12.5 Å². The third-order valence-corrected chi connectivity index (χ3v) is 3.93. The van der Waals surface area contributed by atoms with Crippen LogP contribution in [0.1, 0.15) is 30.9 Å². The maximum Gasteiger partial charge on any atom is 0.230 e. The predicted molar refractivity (Wildman–Crippen MR) is 80.3 cm³/mol. The summed E-state index contributed by atoms with van der Waals surface area (Å²) in [5.41, 5.74) is 1.64. The number of nitrogens with one attached hydrogen (secondary N) is 2. The molecule has 5 heteroatoms. The van der Waals surface area contributed by atoms with Crippen LogP contribution in [-0.4, -0.2) is 32.0 Å². The first kappa shape index (κ1) is 15.4. The molecule has 0 spiro atoms. The quantitative estimate of drug-likeness (QED) is 0.776. The summed E-state index contributed by atoms with van der Waals surface area (Å²) in [6.07, 6.45) is 1.70. The van der Waals surface area contributed by atoms with E-state index in [9.17, 15) is 9.59 Å². The van der Waals surface area contributed by atoms with Crippen molar-refractivity contribution in [2.24, 2.45) is 0 Å². The fraction of sp³-hybridized carbons (Fsp3) is 0.500. The molecule has 5 nitrogen and oxygen atoms in total. The molecule has 0 aliphatic heterocycles. The summed E-state index contributed by atoms with van der Waals surface area (Å²) < 4.78 is 5.33. The van der Waals surface area contributed by atoms with Gasteiger partial charge in [0, 0.05) is 20.0 Å². The fourth-order valence-corrected chi connectivity index (χ4v) is 2.47. The Kier molecular flexibility index (Phi) is 4.50. The Bertz CT molecular complexity index is 550. The van der Waals surface area contributed by atoms with Crippen LogP contribution in [0.2, 0.25) is 0 Å². The zero-order valence-electron chi connectivity index (χ0n) is 12.8. The molecule has 1 saturated carbocycles. The number of aryl methyl sites for hydroxylation is 1. The van der Waals surface area contributed by atoms with Gasteiger partial charge in [-0.1, -0.05) is 12.1 Å². The number of hydrogen-bond donors (Lipinski definition) is 2. The van der Waals surface area contributed by atoms with E-state index in [1.54, 1.807) is 7.11 Å². The van der Waals surface area contributed by atoms with Crippen molar-refractivity contribution < 1.29 is 14.3 Å². The molecule has 114 valence electrons. The topological polar surface area (TPSA) is 67.4 Å². The molecular formula is C16H22N2O3. The normalized spacial score (nSPS) is 15.2. The van der Waals surface area contributed by atoms with E-state index in [0.29, 0.717) is 13.1 Å². The number of ether oxygens (including phenoxy) is 1. The number of rotatable bonds is 6. The molecule has 0 heterocycles.